The molecule has 1 saturated carbocycles. The summed E-state index contributed by atoms with van der Waals surface area (Å²) >= 11 is 0. The highest BCUT2D eigenvalue weighted by Gasteiger charge is 2.44. The van der Waals surface area contributed by atoms with Crippen LogP contribution in [0.3, 0.4) is 0 Å². The van der Waals surface area contributed by atoms with E-state index >= 15 is 0 Å². The Hall–Kier alpha value is -2.23. The minimum absolute atomic E-state index is 0.374. The van der Waals surface area contributed by atoms with E-state index in [4.69, 9.17) is 4.74 Å². The van der Waals surface area contributed by atoms with Crippen LogP contribution in [-0.2, 0) is 6.42 Å². The van der Waals surface area contributed by atoms with Crippen molar-refractivity contribution in [2.24, 2.45) is 11.8 Å². The van der Waals surface area contributed by atoms with Crippen LogP contribution in [0.4, 0.5) is 13.2 Å². The molecule has 3 rings (SSSR count). The fourth-order valence-corrected chi connectivity index (χ4v) is 4.32. The van der Waals surface area contributed by atoms with Crippen molar-refractivity contribution >= 4 is 10.8 Å². The molecule has 0 unspecified atom stereocenters. The molecule has 162 valence electrons. The summed E-state index contributed by atoms with van der Waals surface area (Å²) in [7, 11) is 0. The molecule has 0 radical (unpaired) electrons. The molecule has 0 spiro atoms. The van der Waals surface area contributed by atoms with E-state index in [1.54, 1.807) is 0 Å². The monoisotopic (exact) mass is 416 g/mol. The third-order valence-corrected chi connectivity index (χ3v) is 6.14. The van der Waals surface area contributed by atoms with E-state index in [2.05, 4.69) is 12.7 Å². The Balaban J connectivity index is 1.67. The normalized spacial score (nSPS) is 20.0. The summed E-state index contributed by atoms with van der Waals surface area (Å²) < 4.78 is 49.1. The smallest absolute Gasteiger partial charge is 0.400 e. The van der Waals surface area contributed by atoms with Crippen molar-refractivity contribution in [1.29, 1.82) is 0 Å². The molecule has 0 heterocycles. The highest BCUT2D eigenvalue weighted by atomic mass is 19.3. The lowest BCUT2D eigenvalue weighted by Crippen LogP contribution is -2.37. The zero-order valence-corrected chi connectivity index (χ0v) is 17.7. The summed E-state index contributed by atoms with van der Waals surface area (Å²) in [6.45, 7) is 5.70. The number of fused-ring (bicyclic) bond motifs is 1. The Morgan fingerprint density at radius 2 is 1.83 bits per heavy atom. The number of hydrogen-bond acceptors (Lipinski definition) is 1. The Morgan fingerprint density at radius 3 is 2.53 bits per heavy atom. The van der Waals surface area contributed by atoms with Gasteiger partial charge in [-0.25, -0.2) is 4.39 Å². The van der Waals surface area contributed by atoms with E-state index in [0.717, 1.165) is 44.1 Å². The summed E-state index contributed by atoms with van der Waals surface area (Å²) in [6, 6.07) is 8.32. The van der Waals surface area contributed by atoms with Gasteiger partial charge < -0.3 is 4.74 Å². The lowest BCUT2D eigenvalue weighted by Gasteiger charge is -2.33. The zero-order valence-electron chi connectivity index (χ0n) is 17.7. The van der Waals surface area contributed by atoms with Crippen LogP contribution in [0.25, 0.3) is 10.8 Å². The van der Waals surface area contributed by atoms with Gasteiger partial charge in [-0.2, -0.15) is 8.78 Å². The molecule has 4 heteroatoms. The first kappa shape index (κ1) is 22.5. The first-order valence-electron chi connectivity index (χ1n) is 10.9. The standard InChI is InChI=1S/C26H31F3O/c1-3-5-7-9-19-11-14-23(15-12-19)26(28,29)30-25-18-21-13-10-20(8-6-4-2)16-22(21)17-24(25)27/h3-5,10,13,16-19,23H,2,6-9,11-12,14-15H2,1H3/b5-3+. The molecule has 0 N–H and O–H groups in total. The van der Waals surface area contributed by atoms with E-state index in [1.807, 2.05) is 37.3 Å². The van der Waals surface area contributed by atoms with E-state index in [9.17, 15) is 13.2 Å². The number of rotatable bonds is 9. The van der Waals surface area contributed by atoms with Crippen molar-refractivity contribution in [2.75, 3.05) is 0 Å². The molecule has 1 aliphatic rings. The number of benzene rings is 2. The summed E-state index contributed by atoms with van der Waals surface area (Å²) in [5.41, 5.74) is 1.06. The highest BCUT2D eigenvalue weighted by molar-refractivity contribution is 5.84. The Labute approximate surface area is 177 Å². The quantitative estimate of drug-likeness (QED) is 0.374. The molecule has 1 nitrogen and oxygen atoms in total. The predicted molar refractivity (Wildman–Crippen MR) is 117 cm³/mol. The average molecular weight is 417 g/mol. The third kappa shape index (κ3) is 5.68. The van der Waals surface area contributed by atoms with E-state index < -0.39 is 17.8 Å². The molecule has 2 aromatic carbocycles. The number of allylic oxidation sites excluding steroid dienone is 3. The maximum absolute atomic E-state index is 14.8. The predicted octanol–water partition coefficient (Wildman–Crippen LogP) is 8.23. The van der Waals surface area contributed by atoms with Gasteiger partial charge in [0.05, 0.1) is 5.92 Å². The number of ether oxygens (including phenoxy) is 1. The van der Waals surface area contributed by atoms with Crippen LogP contribution in [0.2, 0.25) is 0 Å². The van der Waals surface area contributed by atoms with Crippen LogP contribution in [0.15, 0.2) is 55.1 Å². The first-order chi connectivity index (χ1) is 14.4. The van der Waals surface area contributed by atoms with Crippen molar-refractivity contribution in [1.82, 2.24) is 0 Å². The van der Waals surface area contributed by atoms with Crippen molar-refractivity contribution in [3.05, 3.63) is 66.5 Å². The molecule has 1 fully saturated rings. The van der Waals surface area contributed by atoms with Crippen LogP contribution in [0.1, 0.15) is 57.4 Å². The van der Waals surface area contributed by atoms with Crippen LogP contribution in [0, 0.1) is 17.7 Å². The van der Waals surface area contributed by atoms with E-state index in [0.29, 0.717) is 29.5 Å². The second kappa shape index (κ2) is 10.2. The second-order valence-electron chi connectivity index (χ2n) is 8.32. The van der Waals surface area contributed by atoms with Gasteiger partial charge in [-0.15, -0.1) is 6.58 Å². The number of halogens is 3. The van der Waals surface area contributed by atoms with E-state index in [1.165, 1.54) is 12.1 Å². The molecule has 30 heavy (non-hydrogen) atoms. The van der Waals surface area contributed by atoms with Crippen molar-refractivity contribution in [3.8, 4) is 5.75 Å². The van der Waals surface area contributed by atoms with E-state index in [-0.39, 0.29) is 5.75 Å². The van der Waals surface area contributed by atoms with Gasteiger partial charge in [0.2, 0.25) is 0 Å². The van der Waals surface area contributed by atoms with Gasteiger partial charge >= 0.3 is 6.11 Å². The molecule has 1 aliphatic carbocycles. The maximum Gasteiger partial charge on any atom is 0.400 e. The minimum atomic E-state index is -3.37. The van der Waals surface area contributed by atoms with Crippen LogP contribution in [-0.4, -0.2) is 6.11 Å². The fourth-order valence-electron chi connectivity index (χ4n) is 4.32. The first-order valence-corrected chi connectivity index (χ1v) is 10.9. The van der Waals surface area contributed by atoms with Gasteiger partial charge in [-0.05, 0) is 92.7 Å². The summed E-state index contributed by atoms with van der Waals surface area (Å²) in [5.74, 6) is -1.50. The number of hydrogen-bond donors (Lipinski definition) is 0. The molecule has 0 bridgehead atoms. The van der Waals surface area contributed by atoms with Gasteiger partial charge in [0.25, 0.3) is 0 Å². The van der Waals surface area contributed by atoms with Crippen molar-refractivity contribution < 1.29 is 17.9 Å². The third-order valence-electron chi connectivity index (χ3n) is 6.14. The lowest BCUT2D eigenvalue weighted by molar-refractivity contribution is -0.224. The molecule has 0 aliphatic heterocycles. The largest absolute Gasteiger partial charge is 0.429 e. The molecular weight excluding hydrogens is 385 g/mol. The minimum Gasteiger partial charge on any atom is -0.429 e. The van der Waals surface area contributed by atoms with Gasteiger partial charge in [0.15, 0.2) is 11.6 Å². The summed E-state index contributed by atoms with van der Waals surface area (Å²) in [5, 5.41) is 1.38. The van der Waals surface area contributed by atoms with Gasteiger partial charge in [0, 0.05) is 0 Å². The molecule has 2 aromatic rings. The Morgan fingerprint density at radius 1 is 1.07 bits per heavy atom. The number of alkyl halides is 2. The average Bonchev–Trinajstić information content (AvgIpc) is 2.73. The molecule has 0 saturated heterocycles. The molecular formula is C26H31F3O. The topological polar surface area (TPSA) is 9.23 Å². The lowest BCUT2D eigenvalue weighted by atomic mass is 9.79. The van der Waals surface area contributed by atoms with Crippen molar-refractivity contribution in [2.45, 2.75) is 64.4 Å². The summed E-state index contributed by atoms with van der Waals surface area (Å²) in [4.78, 5) is 0. The van der Waals surface area contributed by atoms with Gasteiger partial charge in [-0.1, -0.05) is 36.4 Å². The molecule has 0 aromatic heterocycles. The second-order valence-corrected chi connectivity index (χ2v) is 8.32. The molecule has 0 atom stereocenters. The summed E-state index contributed by atoms with van der Waals surface area (Å²) in [6.07, 6.45) is 8.66. The van der Waals surface area contributed by atoms with Gasteiger partial charge in [-0.3, -0.25) is 0 Å². The Kier molecular flexibility index (Phi) is 7.63. The maximum atomic E-state index is 14.8. The van der Waals surface area contributed by atoms with Crippen molar-refractivity contribution in [3.63, 3.8) is 0 Å². The Bertz CT molecular complexity index is 879. The van der Waals surface area contributed by atoms with Crippen LogP contribution < -0.4 is 4.74 Å². The van der Waals surface area contributed by atoms with Gasteiger partial charge in [0.1, 0.15) is 0 Å². The highest BCUT2D eigenvalue weighted by Crippen LogP contribution is 2.42. The molecule has 0 amide bonds. The SMILES string of the molecule is C=CCCc1ccc2cc(OC(F)(F)C3CCC(CC/C=C/C)CC3)c(F)cc2c1. The van der Waals surface area contributed by atoms with Crippen LogP contribution in [0.5, 0.6) is 5.75 Å². The van der Waals surface area contributed by atoms with Crippen LogP contribution >= 0.6 is 0 Å². The zero-order chi connectivity index (χ0) is 21.6. The fraction of sp³-hybridized carbons (Fsp3) is 0.462. The number of aryl methyl sites for hydroxylation is 1.